The summed E-state index contributed by atoms with van der Waals surface area (Å²) in [5.74, 6) is -0.418. The van der Waals surface area contributed by atoms with Crippen molar-refractivity contribution >= 4 is 5.97 Å². The molecule has 0 fully saturated rings. The average Bonchev–Trinajstić information content (AvgIpc) is 2.11. The highest BCUT2D eigenvalue weighted by Gasteiger charge is 2.19. The predicted molar refractivity (Wildman–Crippen MR) is 44.0 cm³/mol. The number of rotatable bonds is 4. The van der Waals surface area contributed by atoms with Gasteiger partial charge in [-0.15, -0.1) is 6.58 Å². The topological polar surface area (TPSA) is 53.3 Å². The van der Waals surface area contributed by atoms with Crippen LogP contribution in [0.1, 0.15) is 6.92 Å². The lowest BCUT2D eigenvalue weighted by atomic mass is 10.3. The van der Waals surface area contributed by atoms with Crippen molar-refractivity contribution in [3.05, 3.63) is 12.7 Å². The Labute approximate surface area is 72.0 Å². The fraction of sp³-hybridized carbons (Fsp3) is 0.500. The molecule has 0 aliphatic heterocycles. The predicted octanol–water partition coefficient (Wildman–Crippen LogP) is 0.517. The molecule has 0 rings (SSSR count). The van der Waals surface area contributed by atoms with E-state index in [9.17, 15) is 4.79 Å². The second-order valence-corrected chi connectivity index (χ2v) is 2.24. The van der Waals surface area contributed by atoms with Crippen molar-refractivity contribution in [1.82, 2.24) is 4.90 Å². The van der Waals surface area contributed by atoms with Crippen LogP contribution in [0.25, 0.3) is 0 Å². The van der Waals surface area contributed by atoms with Crippen molar-refractivity contribution in [1.29, 1.82) is 5.26 Å². The molecule has 0 bridgehead atoms. The van der Waals surface area contributed by atoms with E-state index in [1.54, 1.807) is 13.0 Å². The lowest BCUT2D eigenvalue weighted by Crippen LogP contribution is -2.36. The lowest BCUT2D eigenvalue weighted by molar-refractivity contribution is -0.144. The van der Waals surface area contributed by atoms with Crippen LogP contribution in [0.3, 0.4) is 0 Å². The van der Waals surface area contributed by atoms with Crippen LogP contribution in [-0.4, -0.2) is 30.6 Å². The van der Waals surface area contributed by atoms with E-state index in [1.165, 1.54) is 12.0 Å². The van der Waals surface area contributed by atoms with Gasteiger partial charge in [-0.05, 0) is 6.92 Å². The van der Waals surface area contributed by atoms with E-state index >= 15 is 0 Å². The van der Waals surface area contributed by atoms with Crippen LogP contribution in [0.5, 0.6) is 0 Å². The SMILES string of the molecule is C=CCN(C#N)[C@@H](C)C(=O)OC. The Morgan fingerprint density at radius 1 is 1.92 bits per heavy atom. The van der Waals surface area contributed by atoms with Crippen molar-refractivity contribution in [3.8, 4) is 6.19 Å². The Bertz CT molecular complexity index is 208. The summed E-state index contributed by atoms with van der Waals surface area (Å²) >= 11 is 0. The zero-order chi connectivity index (χ0) is 9.56. The monoisotopic (exact) mass is 168 g/mol. The number of carbonyl (C=O) groups is 1. The lowest BCUT2D eigenvalue weighted by Gasteiger charge is -2.18. The van der Waals surface area contributed by atoms with Gasteiger partial charge in [-0.3, -0.25) is 4.90 Å². The molecular formula is C8H12N2O2. The minimum atomic E-state index is -0.544. The maximum Gasteiger partial charge on any atom is 0.328 e. The first-order valence-corrected chi connectivity index (χ1v) is 3.52. The molecule has 0 aromatic rings. The van der Waals surface area contributed by atoms with Crippen LogP contribution in [0, 0.1) is 11.5 Å². The first-order valence-electron chi connectivity index (χ1n) is 3.52. The molecule has 0 saturated heterocycles. The quantitative estimate of drug-likeness (QED) is 0.266. The van der Waals surface area contributed by atoms with Crippen molar-refractivity contribution < 1.29 is 9.53 Å². The van der Waals surface area contributed by atoms with Gasteiger partial charge in [0.15, 0.2) is 6.19 Å². The third-order valence-electron chi connectivity index (χ3n) is 1.46. The minimum Gasteiger partial charge on any atom is -0.467 e. The molecule has 0 N–H and O–H groups in total. The minimum absolute atomic E-state index is 0.354. The third-order valence-corrected chi connectivity index (χ3v) is 1.46. The zero-order valence-electron chi connectivity index (χ0n) is 7.28. The highest BCUT2D eigenvalue weighted by atomic mass is 16.5. The second kappa shape index (κ2) is 5.19. The molecule has 12 heavy (non-hydrogen) atoms. The normalized spacial score (nSPS) is 11.1. The highest BCUT2D eigenvalue weighted by molar-refractivity contribution is 5.75. The summed E-state index contributed by atoms with van der Waals surface area (Å²) in [6, 6.07) is -0.544. The molecule has 4 nitrogen and oxygen atoms in total. The Morgan fingerprint density at radius 3 is 2.83 bits per heavy atom. The molecule has 0 spiro atoms. The molecule has 1 atom stereocenters. The fourth-order valence-corrected chi connectivity index (χ4v) is 0.722. The van der Waals surface area contributed by atoms with Gasteiger partial charge in [0.1, 0.15) is 6.04 Å². The highest BCUT2D eigenvalue weighted by Crippen LogP contribution is 1.98. The summed E-state index contributed by atoms with van der Waals surface area (Å²) in [6.45, 7) is 5.43. The van der Waals surface area contributed by atoms with E-state index in [4.69, 9.17) is 5.26 Å². The van der Waals surface area contributed by atoms with E-state index in [0.717, 1.165) is 0 Å². The summed E-state index contributed by atoms with van der Waals surface area (Å²) in [7, 11) is 1.29. The molecule has 66 valence electrons. The van der Waals surface area contributed by atoms with Crippen molar-refractivity contribution in [2.75, 3.05) is 13.7 Å². The number of nitriles is 1. The van der Waals surface area contributed by atoms with E-state index in [0.29, 0.717) is 6.54 Å². The van der Waals surface area contributed by atoms with Crippen LogP contribution in [0.15, 0.2) is 12.7 Å². The van der Waals surface area contributed by atoms with Gasteiger partial charge in [-0.25, -0.2) is 4.79 Å². The van der Waals surface area contributed by atoms with Crippen LogP contribution in [0.4, 0.5) is 0 Å². The molecule has 0 amide bonds. The molecule has 0 aliphatic rings. The summed E-state index contributed by atoms with van der Waals surface area (Å²) in [5.41, 5.74) is 0. The fourth-order valence-electron chi connectivity index (χ4n) is 0.722. The molecule has 0 aliphatic carbocycles. The van der Waals surface area contributed by atoms with Gasteiger partial charge in [0, 0.05) is 6.54 Å². The summed E-state index contributed by atoms with van der Waals surface area (Å²) < 4.78 is 4.48. The van der Waals surface area contributed by atoms with Gasteiger partial charge in [0.2, 0.25) is 0 Å². The molecule has 0 aromatic carbocycles. The molecule has 0 radical (unpaired) electrons. The molecule has 0 heterocycles. The Morgan fingerprint density at radius 2 is 2.50 bits per heavy atom. The number of methoxy groups -OCH3 is 1. The number of hydrogen-bond donors (Lipinski definition) is 0. The number of nitrogens with zero attached hydrogens (tertiary/aromatic N) is 2. The average molecular weight is 168 g/mol. The van der Waals surface area contributed by atoms with Crippen molar-refractivity contribution in [2.24, 2.45) is 0 Å². The molecule has 0 aromatic heterocycles. The van der Waals surface area contributed by atoms with Crippen LogP contribution >= 0.6 is 0 Å². The van der Waals surface area contributed by atoms with Gasteiger partial charge >= 0.3 is 5.97 Å². The summed E-state index contributed by atoms with van der Waals surface area (Å²) in [4.78, 5) is 12.2. The van der Waals surface area contributed by atoms with Gasteiger partial charge in [-0.1, -0.05) is 6.08 Å². The molecule has 0 unspecified atom stereocenters. The van der Waals surface area contributed by atoms with E-state index in [-0.39, 0.29) is 0 Å². The van der Waals surface area contributed by atoms with Crippen LogP contribution < -0.4 is 0 Å². The second-order valence-electron chi connectivity index (χ2n) is 2.24. The van der Waals surface area contributed by atoms with Crippen LogP contribution in [0.2, 0.25) is 0 Å². The molecule has 4 heteroatoms. The maximum absolute atomic E-state index is 10.9. The van der Waals surface area contributed by atoms with E-state index in [1.807, 2.05) is 6.19 Å². The van der Waals surface area contributed by atoms with Crippen molar-refractivity contribution in [3.63, 3.8) is 0 Å². The van der Waals surface area contributed by atoms with E-state index < -0.39 is 12.0 Å². The van der Waals surface area contributed by atoms with E-state index in [2.05, 4.69) is 11.3 Å². The van der Waals surface area contributed by atoms with Gasteiger partial charge in [-0.2, -0.15) is 5.26 Å². The Hall–Kier alpha value is -1.50. The number of hydrogen-bond acceptors (Lipinski definition) is 4. The number of esters is 1. The molecule has 0 saturated carbocycles. The van der Waals surface area contributed by atoms with Gasteiger partial charge in [0.25, 0.3) is 0 Å². The standard InChI is InChI=1S/C8H12N2O2/c1-4-5-10(6-9)7(2)8(11)12-3/h4,7H,1,5H2,2-3H3/t7-/m0/s1. The Balaban J connectivity index is 4.22. The molecular weight excluding hydrogens is 156 g/mol. The first-order chi connectivity index (χ1) is 5.67. The largest absolute Gasteiger partial charge is 0.467 e. The van der Waals surface area contributed by atoms with Crippen LogP contribution in [-0.2, 0) is 9.53 Å². The number of carbonyl (C=O) groups excluding carboxylic acids is 1. The first kappa shape index (κ1) is 10.5. The smallest absolute Gasteiger partial charge is 0.328 e. The third kappa shape index (κ3) is 2.62. The maximum atomic E-state index is 10.9. The number of ether oxygens (including phenoxy) is 1. The van der Waals surface area contributed by atoms with Gasteiger partial charge < -0.3 is 4.74 Å². The van der Waals surface area contributed by atoms with Gasteiger partial charge in [0.05, 0.1) is 7.11 Å². The zero-order valence-corrected chi connectivity index (χ0v) is 7.28. The van der Waals surface area contributed by atoms with Crippen molar-refractivity contribution in [2.45, 2.75) is 13.0 Å². The Kier molecular flexibility index (Phi) is 4.54. The summed E-state index contributed by atoms with van der Waals surface area (Å²) in [5, 5.41) is 8.59. The summed E-state index contributed by atoms with van der Waals surface area (Å²) in [6.07, 6.45) is 3.44.